The molecule has 1 aliphatic heterocycles. The van der Waals surface area contributed by atoms with Crippen molar-refractivity contribution in [1.29, 1.82) is 0 Å². The standard InChI is InChI=1S/C17H25N3O5/c1-2-3-4-5-6-11-7-10-8-20(17(24)19-15(10)18-11)16-14(23)13(22)12(9-21)25-16/h7-8,12-14,16,21-23H,2-6,9H2,1H3,(H,18,19,24)/t12-,13-,14-,16-/m1/s1. The van der Waals surface area contributed by atoms with E-state index in [1.54, 1.807) is 6.20 Å². The summed E-state index contributed by atoms with van der Waals surface area (Å²) in [6.45, 7) is 1.73. The van der Waals surface area contributed by atoms with E-state index < -0.39 is 36.8 Å². The molecule has 3 heterocycles. The van der Waals surface area contributed by atoms with Gasteiger partial charge in [-0.2, -0.15) is 4.98 Å². The van der Waals surface area contributed by atoms with Gasteiger partial charge in [0.05, 0.1) is 6.61 Å². The molecular weight excluding hydrogens is 326 g/mol. The third-order valence-electron chi connectivity index (χ3n) is 4.68. The Hall–Kier alpha value is -1.74. The van der Waals surface area contributed by atoms with Crippen LogP contribution in [-0.4, -0.2) is 54.8 Å². The maximum absolute atomic E-state index is 12.3. The molecule has 0 aromatic carbocycles. The molecule has 0 spiro atoms. The summed E-state index contributed by atoms with van der Waals surface area (Å²) in [7, 11) is 0. The van der Waals surface area contributed by atoms with Crippen LogP contribution in [0.25, 0.3) is 11.0 Å². The molecule has 4 N–H and O–H groups in total. The SMILES string of the molecule is CCCCCCc1cc2cn([C@@H]3O[C@H](CO)[C@@H](O)[C@H]3O)c(=O)nc2[nH]1. The van der Waals surface area contributed by atoms with Crippen LogP contribution in [0.3, 0.4) is 0 Å². The zero-order chi connectivity index (χ0) is 18.0. The quantitative estimate of drug-likeness (QED) is 0.538. The monoisotopic (exact) mass is 351 g/mol. The van der Waals surface area contributed by atoms with Gasteiger partial charge in [-0.1, -0.05) is 26.2 Å². The molecule has 0 saturated carbocycles. The van der Waals surface area contributed by atoms with Crippen molar-refractivity contribution in [3.63, 3.8) is 0 Å². The van der Waals surface area contributed by atoms with Gasteiger partial charge in [-0.3, -0.25) is 4.57 Å². The number of rotatable bonds is 7. The third kappa shape index (κ3) is 3.62. The Morgan fingerprint density at radius 3 is 2.76 bits per heavy atom. The van der Waals surface area contributed by atoms with Crippen LogP contribution in [0.15, 0.2) is 17.1 Å². The highest BCUT2D eigenvalue weighted by molar-refractivity contribution is 5.75. The molecule has 0 amide bonds. The topological polar surface area (TPSA) is 121 Å². The molecule has 0 bridgehead atoms. The third-order valence-corrected chi connectivity index (χ3v) is 4.68. The Labute approximate surface area is 145 Å². The van der Waals surface area contributed by atoms with E-state index in [0.29, 0.717) is 5.65 Å². The number of unbranched alkanes of at least 4 members (excludes halogenated alkanes) is 3. The van der Waals surface area contributed by atoms with Gasteiger partial charge < -0.3 is 25.0 Å². The van der Waals surface area contributed by atoms with Crippen molar-refractivity contribution in [2.75, 3.05) is 6.61 Å². The molecule has 2 aromatic heterocycles. The minimum atomic E-state index is -1.30. The lowest BCUT2D eigenvalue weighted by molar-refractivity contribution is -0.0547. The Balaban J connectivity index is 1.83. The summed E-state index contributed by atoms with van der Waals surface area (Å²) in [6, 6.07) is 1.94. The van der Waals surface area contributed by atoms with Crippen molar-refractivity contribution < 1.29 is 20.1 Å². The summed E-state index contributed by atoms with van der Waals surface area (Å²) >= 11 is 0. The summed E-state index contributed by atoms with van der Waals surface area (Å²) in [5.41, 5.74) is 0.928. The first-order valence-electron chi connectivity index (χ1n) is 8.78. The van der Waals surface area contributed by atoms with E-state index in [4.69, 9.17) is 4.74 Å². The molecule has 0 radical (unpaired) electrons. The summed E-state index contributed by atoms with van der Waals surface area (Å²) in [5, 5.41) is 29.9. The zero-order valence-corrected chi connectivity index (χ0v) is 14.3. The molecule has 1 fully saturated rings. The van der Waals surface area contributed by atoms with Crippen LogP contribution in [0, 0.1) is 0 Å². The van der Waals surface area contributed by atoms with Gasteiger partial charge in [0.15, 0.2) is 6.23 Å². The molecule has 0 aliphatic carbocycles. The van der Waals surface area contributed by atoms with Gasteiger partial charge in [-0.15, -0.1) is 0 Å². The van der Waals surface area contributed by atoms with Crippen LogP contribution in [0.5, 0.6) is 0 Å². The van der Waals surface area contributed by atoms with E-state index in [2.05, 4.69) is 16.9 Å². The second kappa shape index (κ2) is 7.65. The van der Waals surface area contributed by atoms with Gasteiger partial charge in [0.2, 0.25) is 0 Å². The molecule has 4 atom stereocenters. The van der Waals surface area contributed by atoms with Crippen LogP contribution in [0.2, 0.25) is 0 Å². The number of ether oxygens (including phenoxy) is 1. The van der Waals surface area contributed by atoms with Gasteiger partial charge in [0.1, 0.15) is 24.0 Å². The summed E-state index contributed by atoms with van der Waals surface area (Å²) in [4.78, 5) is 19.4. The van der Waals surface area contributed by atoms with Crippen LogP contribution in [0.1, 0.15) is 44.5 Å². The van der Waals surface area contributed by atoms with Crippen molar-refractivity contribution in [3.05, 3.63) is 28.4 Å². The molecule has 25 heavy (non-hydrogen) atoms. The zero-order valence-electron chi connectivity index (χ0n) is 14.3. The number of aryl methyl sites for hydroxylation is 1. The molecule has 1 aliphatic rings. The average Bonchev–Trinajstić information content (AvgIpc) is 3.12. The molecule has 3 rings (SSSR count). The number of aromatic nitrogens is 3. The van der Waals surface area contributed by atoms with Crippen LogP contribution < -0.4 is 5.69 Å². The molecule has 0 unspecified atom stereocenters. The Bertz CT molecular complexity index is 771. The number of aliphatic hydroxyl groups is 3. The number of aromatic amines is 1. The van der Waals surface area contributed by atoms with Crippen LogP contribution in [0.4, 0.5) is 0 Å². The van der Waals surface area contributed by atoms with E-state index in [1.165, 1.54) is 17.4 Å². The lowest BCUT2D eigenvalue weighted by atomic mass is 10.1. The van der Waals surface area contributed by atoms with E-state index in [0.717, 1.165) is 30.3 Å². The van der Waals surface area contributed by atoms with E-state index in [-0.39, 0.29) is 0 Å². The van der Waals surface area contributed by atoms with Crippen molar-refractivity contribution in [3.8, 4) is 0 Å². The predicted molar refractivity (Wildman–Crippen MR) is 91.2 cm³/mol. The molecule has 1 saturated heterocycles. The maximum Gasteiger partial charge on any atom is 0.351 e. The largest absolute Gasteiger partial charge is 0.394 e. The first kappa shape index (κ1) is 18.1. The number of nitrogens with zero attached hydrogens (tertiary/aromatic N) is 2. The Kier molecular flexibility index (Phi) is 5.53. The average molecular weight is 351 g/mol. The van der Waals surface area contributed by atoms with E-state index in [9.17, 15) is 20.1 Å². The minimum Gasteiger partial charge on any atom is -0.394 e. The number of hydrogen-bond acceptors (Lipinski definition) is 6. The highest BCUT2D eigenvalue weighted by Gasteiger charge is 2.43. The fraction of sp³-hybridized carbons (Fsp3) is 0.647. The van der Waals surface area contributed by atoms with Crippen molar-refractivity contribution in [1.82, 2.24) is 14.5 Å². The fourth-order valence-corrected chi connectivity index (χ4v) is 3.23. The fourth-order valence-electron chi connectivity index (χ4n) is 3.23. The normalized spacial score (nSPS) is 26.6. The maximum atomic E-state index is 12.3. The molecule has 8 nitrogen and oxygen atoms in total. The van der Waals surface area contributed by atoms with Crippen molar-refractivity contribution >= 4 is 11.0 Å². The number of aliphatic hydroxyl groups excluding tert-OH is 3. The summed E-state index contributed by atoms with van der Waals surface area (Å²) in [5.74, 6) is 0. The molecule has 138 valence electrons. The van der Waals surface area contributed by atoms with Crippen molar-refractivity contribution in [2.24, 2.45) is 0 Å². The molecular formula is C17H25N3O5. The Morgan fingerprint density at radius 2 is 2.08 bits per heavy atom. The molecule has 8 heteroatoms. The van der Waals surface area contributed by atoms with Gasteiger partial charge in [-0.25, -0.2) is 4.79 Å². The minimum absolute atomic E-state index is 0.439. The number of H-pyrrole nitrogens is 1. The Morgan fingerprint density at radius 1 is 1.28 bits per heavy atom. The first-order valence-corrected chi connectivity index (χ1v) is 8.78. The van der Waals surface area contributed by atoms with E-state index >= 15 is 0 Å². The highest BCUT2D eigenvalue weighted by atomic mass is 16.6. The number of hydrogen-bond donors (Lipinski definition) is 4. The summed E-state index contributed by atoms with van der Waals surface area (Å²) in [6.07, 6.45) is 2.51. The van der Waals surface area contributed by atoms with Gasteiger partial charge >= 0.3 is 5.69 Å². The van der Waals surface area contributed by atoms with E-state index in [1.807, 2.05) is 6.07 Å². The predicted octanol–water partition coefficient (Wildman–Crippen LogP) is 0.459. The lowest BCUT2D eigenvalue weighted by Gasteiger charge is -2.16. The molecule has 2 aromatic rings. The van der Waals surface area contributed by atoms with Crippen LogP contribution in [-0.2, 0) is 11.2 Å². The van der Waals surface area contributed by atoms with Gasteiger partial charge in [-0.05, 0) is 18.9 Å². The highest BCUT2D eigenvalue weighted by Crippen LogP contribution is 2.28. The lowest BCUT2D eigenvalue weighted by Crippen LogP contribution is -2.35. The van der Waals surface area contributed by atoms with Crippen LogP contribution >= 0.6 is 0 Å². The first-order chi connectivity index (χ1) is 12.0. The second-order valence-corrected chi connectivity index (χ2v) is 6.57. The summed E-state index contributed by atoms with van der Waals surface area (Å²) < 4.78 is 6.58. The number of fused-ring (bicyclic) bond motifs is 1. The smallest absolute Gasteiger partial charge is 0.351 e. The van der Waals surface area contributed by atoms with Gasteiger partial charge in [0, 0.05) is 17.3 Å². The number of nitrogens with one attached hydrogen (secondary N) is 1. The van der Waals surface area contributed by atoms with Gasteiger partial charge in [0.25, 0.3) is 0 Å². The second-order valence-electron chi connectivity index (χ2n) is 6.57. The van der Waals surface area contributed by atoms with Crippen molar-refractivity contribution in [2.45, 2.75) is 63.6 Å².